The zero-order chi connectivity index (χ0) is 20.3. The summed E-state index contributed by atoms with van der Waals surface area (Å²) in [4.78, 5) is 37.3. The van der Waals surface area contributed by atoms with Crippen molar-refractivity contribution in [2.45, 2.75) is 32.1 Å². The predicted octanol–water partition coefficient (Wildman–Crippen LogP) is 3.17. The van der Waals surface area contributed by atoms with Crippen LogP contribution in [0.5, 0.6) is 0 Å². The molecule has 6 nitrogen and oxygen atoms in total. The summed E-state index contributed by atoms with van der Waals surface area (Å²) in [5, 5.41) is 3.23. The highest BCUT2D eigenvalue weighted by Gasteiger charge is 2.39. The summed E-state index contributed by atoms with van der Waals surface area (Å²) in [7, 11) is 1.32. The molecule has 1 atom stereocenters. The zero-order valence-corrected chi connectivity index (χ0v) is 16.0. The summed E-state index contributed by atoms with van der Waals surface area (Å²) in [6.07, 6.45) is 3.48. The molecule has 0 spiro atoms. The summed E-state index contributed by atoms with van der Waals surface area (Å²) < 4.78 is 10.0. The molecule has 1 aliphatic carbocycles. The molecule has 0 amide bonds. The number of carbonyl (C=O) groups excluding carboxylic acids is 3. The fourth-order valence-electron chi connectivity index (χ4n) is 3.73. The highest BCUT2D eigenvalue weighted by Crippen LogP contribution is 2.42. The fraction of sp³-hybridized carbons (Fsp3) is 0.318. The molecule has 0 aromatic heterocycles. The first-order valence-electron chi connectivity index (χ1n) is 9.18. The van der Waals surface area contributed by atoms with Gasteiger partial charge in [0.05, 0.1) is 18.2 Å². The van der Waals surface area contributed by atoms with Crippen LogP contribution in [0.3, 0.4) is 0 Å². The van der Waals surface area contributed by atoms with Crippen LogP contribution in [-0.2, 0) is 19.1 Å². The summed E-state index contributed by atoms with van der Waals surface area (Å²) in [5.74, 6) is -1.44. The molecule has 1 aromatic rings. The second-order valence-corrected chi connectivity index (χ2v) is 6.77. The molecule has 0 saturated heterocycles. The van der Waals surface area contributed by atoms with Gasteiger partial charge < -0.3 is 14.8 Å². The Balaban J connectivity index is 2.08. The number of nitrogens with one attached hydrogen (secondary N) is 1. The number of Topliss-reactive ketones (excluding diaryl/α,β-unsaturated/α-hetero) is 1. The molecule has 2 aliphatic rings. The molecule has 28 heavy (non-hydrogen) atoms. The van der Waals surface area contributed by atoms with Crippen molar-refractivity contribution in [2.24, 2.45) is 0 Å². The average molecular weight is 381 g/mol. The molecule has 6 heteroatoms. The first-order chi connectivity index (χ1) is 13.5. The molecule has 1 aliphatic heterocycles. The third kappa shape index (κ3) is 3.63. The van der Waals surface area contributed by atoms with E-state index in [4.69, 9.17) is 9.47 Å². The topological polar surface area (TPSA) is 81.7 Å². The number of methoxy groups -OCH3 is 1. The number of esters is 2. The third-order valence-electron chi connectivity index (χ3n) is 4.99. The van der Waals surface area contributed by atoms with E-state index in [0.717, 1.165) is 24.1 Å². The van der Waals surface area contributed by atoms with Crippen molar-refractivity contribution >= 4 is 17.7 Å². The van der Waals surface area contributed by atoms with E-state index in [1.54, 1.807) is 24.3 Å². The lowest BCUT2D eigenvalue weighted by Gasteiger charge is -2.34. The van der Waals surface area contributed by atoms with Crippen molar-refractivity contribution in [1.82, 2.24) is 5.32 Å². The molecule has 1 aromatic carbocycles. The zero-order valence-electron chi connectivity index (χ0n) is 16.0. The van der Waals surface area contributed by atoms with Gasteiger partial charge in [-0.1, -0.05) is 24.8 Å². The quantitative estimate of drug-likeness (QED) is 0.623. The van der Waals surface area contributed by atoms with Crippen LogP contribution in [0.2, 0.25) is 0 Å². The Bertz CT molecular complexity index is 892. The monoisotopic (exact) mass is 381 g/mol. The van der Waals surface area contributed by atoms with Crippen LogP contribution in [0.4, 0.5) is 0 Å². The molecule has 1 heterocycles. The van der Waals surface area contributed by atoms with Crippen molar-refractivity contribution in [1.29, 1.82) is 0 Å². The molecule has 3 rings (SSSR count). The number of hydrogen-bond acceptors (Lipinski definition) is 6. The number of hydrogen-bond donors (Lipinski definition) is 1. The maximum absolute atomic E-state index is 12.8. The van der Waals surface area contributed by atoms with Gasteiger partial charge in [0.25, 0.3) is 0 Å². The maximum Gasteiger partial charge on any atom is 0.337 e. The van der Waals surface area contributed by atoms with Crippen LogP contribution in [-0.4, -0.2) is 31.4 Å². The van der Waals surface area contributed by atoms with E-state index in [0.29, 0.717) is 28.8 Å². The molecule has 0 radical (unpaired) electrons. The molecule has 1 unspecified atom stereocenters. The van der Waals surface area contributed by atoms with E-state index in [1.165, 1.54) is 13.2 Å². The lowest BCUT2D eigenvalue weighted by Crippen LogP contribution is -2.34. The van der Waals surface area contributed by atoms with E-state index in [2.05, 4.69) is 11.9 Å². The van der Waals surface area contributed by atoms with Crippen molar-refractivity contribution in [2.75, 3.05) is 13.7 Å². The Morgan fingerprint density at radius 2 is 1.93 bits per heavy atom. The molecule has 0 bridgehead atoms. The highest BCUT2D eigenvalue weighted by atomic mass is 16.5. The normalized spacial score (nSPS) is 18.9. The van der Waals surface area contributed by atoms with E-state index in [1.807, 2.05) is 6.92 Å². The van der Waals surface area contributed by atoms with Crippen LogP contribution in [0, 0.1) is 0 Å². The first kappa shape index (κ1) is 19.6. The Morgan fingerprint density at radius 1 is 1.21 bits per heavy atom. The number of ketones is 1. The third-order valence-corrected chi connectivity index (χ3v) is 4.99. The van der Waals surface area contributed by atoms with Crippen LogP contribution >= 0.6 is 0 Å². The lowest BCUT2D eigenvalue weighted by molar-refractivity contribution is -0.138. The number of benzene rings is 1. The summed E-state index contributed by atoms with van der Waals surface area (Å²) in [6, 6.07) is 6.78. The standard InChI is InChI=1S/C22H23NO5/c1-4-12-28-22(26)18-13(2)23-16-6-5-7-17(24)20(16)19(18)14-8-10-15(11-9-14)21(25)27-3/h4,8-11,19,23H,1,5-7,12H2,2-3H3. The Kier molecular flexibility index (Phi) is 5.78. The van der Waals surface area contributed by atoms with Gasteiger partial charge in [-0.25, -0.2) is 9.59 Å². The van der Waals surface area contributed by atoms with Crippen LogP contribution in [0.1, 0.15) is 48.0 Å². The second-order valence-electron chi connectivity index (χ2n) is 6.77. The minimum absolute atomic E-state index is 0.0253. The molecule has 0 fully saturated rings. The highest BCUT2D eigenvalue weighted by molar-refractivity contribution is 6.03. The van der Waals surface area contributed by atoms with Gasteiger partial charge in [0.2, 0.25) is 0 Å². The van der Waals surface area contributed by atoms with Gasteiger partial charge in [0.15, 0.2) is 5.78 Å². The Labute approximate surface area is 163 Å². The molecular weight excluding hydrogens is 358 g/mol. The molecule has 0 saturated carbocycles. The smallest absolute Gasteiger partial charge is 0.337 e. The van der Waals surface area contributed by atoms with Crippen molar-refractivity contribution in [3.8, 4) is 0 Å². The molecule has 146 valence electrons. The van der Waals surface area contributed by atoms with Gasteiger partial charge in [-0.05, 0) is 37.5 Å². The van der Waals surface area contributed by atoms with Crippen LogP contribution in [0.15, 0.2) is 59.5 Å². The minimum Gasteiger partial charge on any atom is -0.465 e. The number of ether oxygens (including phenoxy) is 2. The van der Waals surface area contributed by atoms with Gasteiger partial charge in [-0.2, -0.15) is 0 Å². The lowest BCUT2D eigenvalue weighted by atomic mass is 9.75. The first-order valence-corrected chi connectivity index (χ1v) is 9.18. The Hall–Kier alpha value is -3.15. The second kappa shape index (κ2) is 8.25. The summed E-state index contributed by atoms with van der Waals surface area (Å²) >= 11 is 0. The van der Waals surface area contributed by atoms with Gasteiger partial charge in [0, 0.05) is 29.3 Å². The Morgan fingerprint density at radius 3 is 2.57 bits per heavy atom. The van der Waals surface area contributed by atoms with Crippen molar-refractivity contribution < 1.29 is 23.9 Å². The largest absolute Gasteiger partial charge is 0.465 e. The van der Waals surface area contributed by atoms with Gasteiger partial charge in [-0.15, -0.1) is 0 Å². The predicted molar refractivity (Wildman–Crippen MR) is 103 cm³/mol. The van der Waals surface area contributed by atoms with Crippen LogP contribution in [0.25, 0.3) is 0 Å². The van der Waals surface area contributed by atoms with Crippen molar-refractivity contribution in [3.63, 3.8) is 0 Å². The molecule has 1 N–H and O–H groups in total. The number of dihydropyridines is 1. The number of allylic oxidation sites excluding steroid dienone is 3. The number of carbonyl (C=O) groups is 3. The van der Waals surface area contributed by atoms with E-state index in [9.17, 15) is 14.4 Å². The van der Waals surface area contributed by atoms with Crippen LogP contribution < -0.4 is 5.32 Å². The van der Waals surface area contributed by atoms with Gasteiger partial charge >= 0.3 is 11.9 Å². The van der Waals surface area contributed by atoms with E-state index < -0.39 is 17.9 Å². The molecular formula is C22H23NO5. The van der Waals surface area contributed by atoms with Crippen molar-refractivity contribution in [3.05, 3.63) is 70.6 Å². The summed E-state index contributed by atoms with van der Waals surface area (Å²) in [5.41, 5.74) is 3.69. The minimum atomic E-state index is -0.534. The van der Waals surface area contributed by atoms with E-state index in [-0.39, 0.29) is 12.4 Å². The van der Waals surface area contributed by atoms with Gasteiger partial charge in [-0.3, -0.25) is 4.79 Å². The maximum atomic E-state index is 12.8. The van der Waals surface area contributed by atoms with E-state index >= 15 is 0 Å². The van der Waals surface area contributed by atoms with Gasteiger partial charge in [0.1, 0.15) is 6.61 Å². The SMILES string of the molecule is C=CCOC(=O)C1=C(C)NC2=C(C(=O)CCC2)C1c1ccc(C(=O)OC)cc1. The summed E-state index contributed by atoms with van der Waals surface area (Å²) in [6.45, 7) is 5.47. The number of rotatable bonds is 5. The fourth-order valence-corrected chi connectivity index (χ4v) is 3.73. The average Bonchev–Trinajstić information content (AvgIpc) is 2.70.